The van der Waals surface area contributed by atoms with Gasteiger partial charge in [-0.05, 0) is 43.9 Å². The maximum absolute atomic E-state index is 7.09. The molecule has 0 spiro atoms. The van der Waals surface area contributed by atoms with Crippen molar-refractivity contribution in [3.8, 4) is 45.3 Å². The topological polar surface area (TPSA) is 86.8 Å². The highest BCUT2D eigenvalue weighted by Gasteiger charge is 2.20. The molecule has 2 saturated heterocycles. The van der Waals surface area contributed by atoms with E-state index in [1.807, 2.05) is 48.5 Å². The van der Waals surface area contributed by atoms with Gasteiger partial charge in [0.15, 0.2) is 0 Å². The number of nitrogens with zero attached hydrogens (tertiary/aromatic N) is 2. The molecule has 0 saturated carbocycles. The lowest BCUT2D eigenvalue weighted by Gasteiger charge is -2.23. The van der Waals surface area contributed by atoms with Crippen LogP contribution in [0.5, 0.6) is 11.6 Å². The van der Waals surface area contributed by atoms with Crippen LogP contribution in [0.3, 0.4) is 0 Å². The van der Waals surface area contributed by atoms with Crippen molar-refractivity contribution in [2.45, 2.75) is 50.9 Å². The molecule has 2 fully saturated rings. The summed E-state index contributed by atoms with van der Waals surface area (Å²) in [5.41, 5.74) is 6.68. The SMILES string of the molecule is COc1cc(-c2nccc(-c3cccc(-c4ccc(CNC5CCOCC5)c(OC)n4)c3Cl)c2Cl)ccc1CNC1CCOCC1. The normalized spacial score (nSPS) is 16.0. The predicted molar refractivity (Wildman–Crippen MR) is 183 cm³/mol. The lowest BCUT2D eigenvalue weighted by atomic mass is 9.99. The predicted octanol–water partition coefficient (Wildman–Crippen LogP) is 7.34. The molecule has 0 amide bonds. The number of ether oxygens (including phenoxy) is 4. The Labute approximate surface area is 280 Å². The highest BCUT2D eigenvalue weighted by atomic mass is 35.5. The molecule has 2 N–H and O–H groups in total. The Bertz CT molecular complexity index is 1520. The third kappa shape index (κ3) is 7.49. The zero-order chi connectivity index (χ0) is 31.9. The summed E-state index contributed by atoms with van der Waals surface area (Å²) in [6.07, 6.45) is 5.79. The number of pyridine rings is 2. The van der Waals surface area contributed by atoms with Crippen LogP contribution in [0.1, 0.15) is 36.8 Å². The van der Waals surface area contributed by atoms with E-state index in [-0.39, 0.29) is 0 Å². The second kappa shape index (κ2) is 15.6. The summed E-state index contributed by atoms with van der Waals surface area (Å²) >= 11 is 14.2. The fourth-order valence-corrected chi connectivity index (χ4v) is 6.72. The van der Waals surface area contributed by atoms with Crippen molar-refractivity contribution < 1.29 is 18.9 Å². The first-order valence-corrected chi connectivity index (χ1v) is 16.6. The monoisotopic (exact) mass is 662 g/mol. The third-order valence-corrected chi connectivity index (χ3v) is 9.54. The lowest BCUT2D eigenvalue weighted by Crippen LogP contribution is -2.34. The van der Waals surface area contributed by atoms with E-state index in [0.717, 1.165) is 96.9 Å². The van der Waals surface area contributed by atoms with Crippen molar-refractivity contribution in [1.29, 1.82) is 0 Å². The summed E-state index contributed by atoms with van der Waals surface area (Å²) in [6.45, 7) is 4.56. The molecule has 0 unspecified atom stereocenters. The van der Waals surface area contributed by atoms with Crippen LogP contribution in [-0.4, -0.2) is 62.7 Å². The lowest BCUT2D eigenvalue weighted by molar-refractivity contribution is 0.0774. The molecule has 6 rings (SSSR count). The van der Waals surface area contributed by atoms with Gasteiger partial charge in [-0.1, -0.05) is 59.6 Å². The Morgan fingerprint density at radius 3 is 2.04 bits per heavy atom. The molecule has 2 aromatic carbocycles. The maximum atomic E-state index is 7.09. The minimum atomic E-state index is 0.428. The van der Waals surface area contributed by atoms with Gasteiger partial charge in [-0.3, -0.25) is 4.98 Å². The second-order valence-corrected chi connectivity index (χ2v) is 12.4. The molecule has 0 bridgehead atoms. The van der Waals surface area contributed by atoms with Crippen LogP contribution < -0.4 is 20.1 Å². The van der Waals surface area contributed by atoms with Crippen LogP contribution in [0.2, 0.25) is 10.0 Å². The minimum absolute atomic E-state index is 0.428. The van der Waals surface area contributed by atoms with Gasteiger partial charge in [-0.15, -0.1) is 0 Å². The van der Waals surface area contributed by atoms with E-state index in [1.54, 1.807) is 20.4 Å². The average Bonchev–Trinajstić information content (AvgIpc) is 3.11. The molecule has 10 heteroatoms. The molecule has 4 heterocycles. The Balaban J connectivity index is 1.24. The van der Waals surface area contributed by atoms with E-state index in [4.69, 9.17) is 47.1 Å². The summed E-state index contributed by atoms with van der Waals surface area (Å²) < 4.78 is 22.4. The molecule has 0 atom stereocenters. The second-order valence-electron chi connectivity index (χ2n) is 11.6. The van der Waals surface area contributed by atoms with Gasteiger partial charge in [-0.25, -0.2) is 4.98 Å². The fourth-order valence-electron chi connectivity index (χ4n) is 6.07. The number of aromatic nitrogens is 2. The van der Waals surface area contributed by atoms with Gasteiger partial charge in [0.2, 0.25) is 5.88 Å². The Kier molecular flexibility index (Phi) is 11.1. The number of methoxy groups -OCH3 is 2. The molecule has 242 valence electrons. The molecular weight excluding hydrogens is 623 g/mol. The van der Waals surface area contributed by atoms with E-state index >= 15 is 0 Å². The summed E-state index contributed by atoms with van der Waals surface area (Å²) in [5.74, 6) is 1.36. The van der Waals surface area contributed by atoms with E-state index in [0.29, 0.717) is 46.8 Å². The molecule has 0 aliphatic carbocycles. The summed E-state index contributed by atoms with van der Waals surface area (Å²) in [6, 6.07) is 18.8. The fraction of sp³-hybridized carbons (Fsp3) is 0.389. The molecular formula is C36H40Cl2N4O4. The maximum Gasteiger partial charge on any atom is 0.218 e. The van der Waals surface area contributed by atoms with Crippen molar-refractivity contribution in [1.82, 2.24) is 20.6 Å². The number of hydrogen-bond donors (Lipinski definition) is 2. The van der Waals surface area contributed by atoms with Crippen molar-refractivity contribution in [2.75, 3.05) is 40.6 Å². The number of nitrogens with one attached hydrogen (secondary N) is 2. The molecule has 2 aliphatic rings. The van der Waals surface area contributed by atoms with Crippen molar-refractivity contribution in [2.24, 2.45) is 0 Å². The van der Waals surface area contributed by atoms with Crippen molar-refractivity contribution in [3.63, 3.8) is 0 Å². The van der Waals surface area contributed by atoms with Crippen molar-refractivity contribution >= 4 is 23.2 Å². The minimum Gasteiger partial charge on any atom is -0.496 e. The zero-order valence-corrected chi connectivity index (χ0v) is 27.8. The quantitative estimate of drug-likeness (QED) is 0.173. The van der Waals surface area contributed by atoms with Crippen LogP contribution in [0.4, 0.5) is 0 Å². The van der Waals surface area contributed by atoms with Gasteiger partial charge >= 0.3 is 0 Å². The highest BCUT2D eigenvalue weighted by molar-refractivity contribution is 6.39. The number of halogens is 2. The van der Waals surface area contributed by atoms with E-state index in [2.05, 4.69) is 21.7 Å². The van der Waals surface area contributed by atoms with Gasteiger partial charge in [0.05, 0.1) is 35.7 Å². The number of benzene rings is 2. The largest absolute Gasteiger partial charge is 0.496 e. The van der Waals surface area contributed by atoms with Crippen LogP contribution >= 0.6 is 23.2 Å². The van der Waals surface area contributed by atoms with Gasteiger partial charge in [0.1, 0.15) is 5.75 Å². The van der Waals surface area contributed by atoms with Crippen LogP contribution in [0.25, 0.3) is 33.6 Å². The Morgan fingerprint density at radius 2 is 1.37 bits per heavy atom. The van der Waals surface area contributed by atoms with Crippen LogP contribution in [0, 0.1) is 0 Å². The van der Waals surface area contributed by atoms with Gasteiger partial charge in [0.25, 0.3) is 0 Å². The van der Waals surface area contributed by atoms with E-state index < -0.39 is 0 Å². The standard InChI is InChI=1S/C36H40Cl2N4O4/c1-43-32-20-23(6-7-24(32)21-40-26-11-16-45-17-12-26)35-34(38)29(10-15-39-35)28-4-3-5-30(33(28)37)31-9-8-25(36(42-31)44-2)22-41-27-13-18-46-19-14-27/h3-10,15,20,26-27,40-41H,11-14,16-19,21-22H2,1-2H3. The first kappa shape index (κ1) is 32.7. The molecule has 2 aromatic heterocycles. The molecule has 0 radical (unpaired) electrons. The highest BCUT2D eigenvalue weighted by Crippen LogP contribution is 2.42. The average molecular weight is 664 g/mol. The smallest absolute Gasteiger partial charge is 0.218 e. The molecule has 46 heavy (non-hydrogen) atoms. The molecule has 8 nitrogen and oxygen atoms in total. The Hall–Kier alpha value is -3.24. The Morgan fingerprint density at radius 1 is 0.739 bits per heavy atom. The van der Waals surface area contributed by atoms with Crippen LogP contribution in [0.15, 0.2) is 60.8 Å². The molecule has 2 aliphatic heterocycles. The van der Waals surface area contributed by atoms with Gasteiger partial charge in [-0.2, -0.15) is 0 Å². The molecule has 4 aromatic rings. The van der Waals surface area contributed by atoms with Gasteiger partial charge < -0.3 is 29.6 Å². The van der Waals surface area contributed by atoms with Crippen LogP contribution in [-0.2, 0) is 22.6 Å². The summed E-state index contributed by atoms with van der Waals surface area (Å²) in [4.78, 5) is 9.49. The van der Waals surface area contributed by atoms with E-state index in [9.17, 15) is 0 Å². The first-order valence-electron chi connectivity index (χ1n) is 15.8. The van der Waals surface area contributed by atoms with E-state index in [1.165, 1.54) is 0 Å². The summed E-state index contributed by atoms with van der Waals surface area (Å²) in [5, 5.41) is 8.30. The third-order valence-electron chi connectivity index (χ3n) is 8.75. The number of hydrogen-bond acceptors (Lipinski definition) is 8. The zero-order valence-electron chi connectivity index (χ0n) is 26.3. The first-order chi connectivity index (χ1) is 22.6. The number of rotatable bonds is 11. The summed E-state index contributed by atoms with van der Waals surface area (Å²) in [7, 11) is 3.33. The van der Waals surface area contributed by atoms with Crippen molar-refractivity contribution in [3.05, 3.63) is 82.0 Å². The van der Waals surface area contributed by atoms with Gasteiger partial charge in [0, 0.05) is 91.2 Å².